The Hall–Kier alpha value is -2.99. The maximum atomic E-state index is 6.42. The summed E-state index contributed by atoms with van der Waals surface area (Å²) < 4.78 is 41.3. The van der Waals surface area contributed by atoms with Crippen molar-refractivity contribution < 1.29 is 33.2 Å². The highest BCUT2D eigenvalue weighted by molar-refractivity contribution is 7.80. The molecule has 0 atom stereocenters. The molecule has 0 aliphatic rings. The second kappa shape index (κ2) is 13.8. The van der Waals surface area contributed by atoms with Gasteiger partial charge in [-0.3, -0.25) is 0 Å². The summed E-state index contributed by atoms with van der Waals surface area (Å²) in [6.45, 7) is 13.1. The van der Waals surface area contributed by atoms with Crippen molar-refractivity contribution in [3.8, 4) is 28.7 Å². The highest BCUT2D eigenvalue weighted by atomic mass is 31.1. The molecular weight excluding hydrogens is 539 g/mol. The van der Waals surface area contributed by atoms with Crippen LogP contribution in [0.2, 0.25) is 0 Å². The summed E-state index contributed by atoms with van der Waals surface area (Å²) in [5.74, 6) is 3.71. The van der Waals surface area contributed by atoms with E-state index >= 15 is 0 Å². The normalized spacial score (nSPS) is 11.9. The third kappa shape index (κ3) is 7.45. The molecule has 3 aromatic rings. The molecule has 0 aliphatic heterocycles. The first-order chi connectivity index (χ1) is 19.4. The molecule has 0 bridgehead atoms. The fraction of sp³-hybridized carbons (Fsp3) is 0.455. The average molecular weight is 585 g/mol. The van der Waals surface area contributed by atoms with Gasteiger partial charge in [-0.05, 0) is 49.1 Å². The van der Waals surface area contributed by atoms with Crippen molar-refractivity contribution in [2.45, 2.75) is 52.4 Å². The fourth-order valence-electron chi connectivity index (χ4n) is 4.60. The van der Waals surface area contributed by atoms with Crippen LogP contribution < -0.4 is 39.6 Å². The van der Waals surface area contributed by atoms with E-state index < -0.39 is 7.92 Å². The van der Waals surface area contributed by atoms with E-state index in [-0.39, 0.29) is 24.4 Å². The molecule has 3 aromatic carbocycles. The minimum Gasteiger partial charge on any atom is -0.497 e. The van der Waals surface area contributed by atoms with Crippen LogP contribution in [0.1, 0.15) is 52.7 Å². The summed E-state index contributed by atoms with van der Waals surface area (Å²) in [5, 5.41) is 2.89. The van der Waals surface area contributed by atoms with Crippen molar-refractivity contribution >= 4 is 23.8 Å². The molecule has 0 amide bonds. The first-order valence-corrected chi connectivity index (χ1v) is 14.9. The molecule has 0 heterocycles. The monoisotopic (exact) mass is 584 g/mol. The van der Waals surface area contributed by atoms with E-state index in [0.717, 1.165) is 55.8 Å². The molecule has 0 unspecified atom stereocenters. The molecule has 0 aliphatic carbocycles. The minimum atomic E-state index is -1.36. The topological polar surface area (TPSA) is 64.6 Å². The number of ether oxygens (including phenoxy) is 7. The van der Waals surface area contributed by atoms with Crippen molar-refractivity contribution in [2.24, 2.45) is 0 Å². The Morgan fingerprint density at radius 1 is 0.561 bits per heavy atom. The molecule has 0 aromatic heterocycles. The van der Waals surface area contributed by atoms with Gasteiger partial charge in [-0.1, -0.05) is 59.7 Å². The molecule has 0 saturated carbocycles. The standard InChI is InChI=1S/C33H45O7P/c1-32(2,3)24-16-22(36-9)18-28(30(24)39-20-34-7)41(27-15-13-12-14-26(27)38-11)29-19-23(37-10)17-25(33(4,5)6)31(29)40-21-35-8/h12-19H,20-21H2,1-11H3. The van der Waals surface area contributed by atoms with E-state index in [1.165, 1.54) is 0 Å². The lowest BCUT2D eigenvalue weighted by Gasteiger charge is -2.32. The van der Waals surface area contributed by atoms with E-state index in [2.05, 4.69) is 59.7 Å². The third-order valence-corrected chi connectivity index (χ3v) is 9.10. The average Bonchev–Trinajstić information content (AvgIpc) is 2.94. The van der Waals surface area contributed by atoms with E-state index in [1.54, 1.807) is 35.5 Å². The van der Waals surface area contributed by atoms with Crippen LogP contribution in [0.15, 0.2) is 48.5 Å². The van der Waals surface area contributed by atoms with Gasteiger partial charge in [0.15, 0.2) is 13.6 Å². The van der Waals surface area contributed by atoms with Crippen LogP contribution in [-0.4, -0.2) is 49.1 Å². The van der Waals surface area contributed by atoms with Crippen molar-refractivity contribution in [1.29, 1.82) is 0 Å². The van der Waals surface area contributed by atoms with E-state index in [9.17, 15) is 0 Å². The smallest absolute Gasteiger partial charge is 0.188 e. The maximum Gasteiger partial charge on any atom is 0.188 e. The van der Waals surface area contributed by atoms with Crippen LogP contribution in [0.25, 0.3) is 0 Å². The van der Waals surface area contributed by atoms with Gasteiger partial charge in [0.25, 0.3) is 0 Å². The Kier molecular flexibility index (Phi) is 10.9. The van der Waals surface area contributed by atoms with Gasteiger partial charge >= 0.3 is 0 Å². The number of rotatable bonds is 12. The number of para-hydroxylation sites is 1. The molecule has 0 fully saturated rings. The molecule has 0 radical (unpaired) electrons. The molecule has 41 heavy (non-hydrogen) atoms. The van der Waals surface area contributed by atoms with Crippen LogP contribution in [0.3, 0.4) is 0 Å². The van der Waals surface area contributed by atoms with Crippen molar-refractivity contribution in [2.75, 3.05) is 49.1 Å². The predicted octanol–water partition coefficient (Wildman–Crippen LogP) is 6.03. The largest absolute Gasteiger partial charge is 0.497 e. The number of benzene rings is 3. The predicted molar refractivity (Wildman–Crippen MR) is 167 cm³/mol. The van der Waals surface area contributed by atoms with Gasteiger partial charge in [0.05, 0.1) is 21.3 Å². The summed E-state index contributed by atoms with van der Waals surface area (Å²) >= 11 is 0. The Balaban J connectivity index is 2.59. The van der Waals surface area contributed by atoms with Crippen molar-refractivity contribution in [3.63, 3.8) is 0 Å². The summed E-state index contributed by atoms with van der Waals surface area (Å²) in [5.41, 5.74) is 1.50. The molecule has 0 spiro atoms. The summed E-state index contributed by atoms with van der Waals surface area (Å²) in [6, 6.07) is 16.2. The lowest BCUT2D eigenvalue weighted by atomic mass is 9.86. The van der Waals surface area contributed by atoms with E-state index in [4.69, 9.17) is 33.2 Å². The fourth-order valence-corrected chi connectivity index (χ4v) is 7.29. The van der Waals surface area contributed by atoms with Gasteiger partial charge in [-0.15, -0.1) is 0 Å². The second-order valence-electron chi connectivity index (χ2n) is 11.7. The molecule has 224 valence electrons. The highest BCUT2D eigenvalue weighted by Crippen LogP contribution is 2.48. The van der Waals surface area contributed by atoms with Crippen LogP contribution >= 0.6 is 7.92 Å². The van der Waals surface area contributed by atoms with Crippen LogP contribution in [0, 0.1) is 0 Å². The number of methoxy groups -OCH3 is 5. The zero-order valence-corrected chi connectivity index (χ0v) is 27.2. The zero-order chi connectivity index (χ0) is 30.4. The molecule has 7 nitrogen and oxygen atoms in total. The summed E-state index contributed by atoms with van der Waals surface area (Å²) in [6.07, 6.45) is 0. The minimum absolute atomic E-state index is 0.0931. The van der Waals surface area contributed by atoms with Gasteiger partial charge in [-0.2, -0.15) is 0 Å². The van der Waals surface area contributed by atoms with E-state index in [0.29, 0.717) is 0 Å². The molecular formula is C33H45O7P. The number of hydrogen-bond acceptors (Lipinski definition) is 7. The maximum absolute atomic E-state index is 6.42. The lowest BCUT2D eigenvalue weighted by Crippen LogP contribution is -2.29. The third-order valence-electron chi connectivity index (χ3n) is 6.62. The SMILES string of the molecule is COCOc1c(P(c2ccccc2OC)c2cc(OC)cc(C(C)(C)C)c2OCOC)cc(OC)cc1C(C)(C)C. The number of hydrogen-bond donors (Lipinski definition) is 0. The quantitative estimate of drug-likeness (QED) is 0.190. The summed E-state index contributed by atoms with van der Waals surface area (Å²) in [4.78, 5) is 0. The zero-order valence-electron chi connectivity index (χ0n) is 26.3. The Bertz CT molecular complexity index is 1230. The molecule has 0 saturated heterocycles. The van der Waals surface area contributed by atoms with Crippen LogP contribution in [0.5, 0.6) is 28.7 Å². The first kappa shape index (κ1) is 32.5. The van der Waals surface area contributed by atoms with Gasteiger partial charge in [0.2, 0.25) is 0 Å². The Labute approximate surface area is 246 Å². The molecule has 3 rings (SSSR count). The van der Waals surface area contributed by atoms with Crippen LogP contribution in [-0.2, 0) is 20.3 Å². The van der Waals surface area contributed by atoms with E-state index in [1.807, 2.05) is 30.3 Å². The summed E-state index contributed by atoms with van der Waals surface area (Å²) in [7, 11) is 6.94. The van der Waals surface area contributed by atoms with Crippen molar-refractivity contribution in [3.05, 3.63) is 59.7 Å². The van der Waals surface area contributed by atoms with Gasteiger partial charge in [0.1, 0.15) is 28.7 Å². The molecule has 0 N–H and O–H groups in total. The van der Waals surface area contributed by atoms with Gasteiger partial charge in [0, 0.05) is 41.3 Å². The Morgan fingerprint density at radius 2 is 1.00 bits per heavy atom. The van der Waals surface area contributed by atoms with Crippen molar-refractivity contribution in [1.82, 2.24) is 0 Å². The Morgan fingerprint density at radius 3 is 1.37 bits per heavy atom. The first-order valence-electron chi connectivity index (χ1n) is 13.5. The second-order valence-corrected chi connectivity index (χ2v) is 13.8. The lowest BCUT2D eigenvalue weighted by molar-refractivity contribution is 0.0505. The molecule has 8 heteroatoms. The van der Waals surface area contributed by atoms with Gasteiger partial charge < -0.3 is 33.2 Å². The highest BCUT2D eigenvalue weighted by Gasteiger charge is 2.34. The van der Waals surface area contributed by atoms with Gasteiger partial charge in [-0.25, -0.2) is 0 Å². The van der Waals surface area contributed by atoms with Crippen LogP contribution in [0.4, 0.5) is 0 Å².